The summed E-state index contributed by atoms with van der Waals surface area (Å²) in [6, 6.07) is 15.6. The molecule has 31 heavy (non-hydrogen) atoms. The van der Waals surface area contributed by atoms with E-state index in [9.17, 15) is 4.79 Å². The van der Waals surface area contributed by atoms with Crippen molar-refractivity contribution in [1.29, 1.82) is 0 Å². The van der Waals surface area contributed by atoms with E-state index in [4.69, 9.17) is 9.72 Å². The Hall–Kier alpha value is -3.02. The molecule has 3 N–H and O–H groups in total. The number of urea groups is 1. The molecular weight excluding hydrogens is 388 g/mol. The molecule has 164 valence electrons. The van der Waals surface area contributed by atoms with Gasteiger partial charge in [0, 0.05) is 6.04 Å². The Balaban J connectivity index is 1.50. The molecule has 1 fully saturated rings. The van der Waals surface area contributed by atoms with Crippen LogP contribution in [0.2, 0.25) is 0 Å². The summed E-state index contributed by atoms with van der Waals surface area (Å²) in [5, 5.41) is 6.34. The van der Waals surface area contributed by atoms with E-state index in [0.29, 0.717) is 12.3 Å². The van der Waals surface area contributed by atoms with Crippen LogP contribution in [0.3, 0.4) is 0 Å². The molecule has 0 aliphatic heterocycles. The van der Waals surface area contributed by atoms with Gasteiger partial charge in [-0.15, -0.1) is 0 Å². The number of rotatable bonds is 7. The van der Waals surface area contributed by atoms with Crippen LogP contribution >= 0.6 is 0 Å². The fourth-order valence-corrected chi connectivity index (χ4v) is 4.51. The van der Waals surface area contributed by atoms with Gasteiger partial charge in [-0.3, -0.25) is 0 Å². The number of hydrogen-bond donors (Lipinski definition) is 3. The summed E-state index contributed by atoms with van der Waals surface area (Å²) >= 11 is 0. The number of nitrogens with one attached hydrogen (secondary N) is 3. The minimum Gasteiger partial charge on any atom is -0.497 e. The molecule has 0 radical (unpaired) electrons. The third kappa shape index (κ3) is 5.37. The normalized spacial score (nSPS) is 16.6. The van der Waals surface area contributed by atoms with Crippen molar-refractivity contribution in [2.24, 2.45) is 5.92 Å². The van der Waals surface area contributed by atoms with Crippen LogP contribution in [0.1, 0.15) is 56.5 Å². The number of imidazole rings is 1. The predicted molar refractivity (Wildman–Crippen MR) is 123 cm³/mol. The highest BCUT2D eigenvalue weighted by Crippen LogP contribution is 2.26. The Morgan fingerprint density at radius 2 is 1.84 bits per heavy atom. The van der Waals surface area contributed by atoms with Crippen molar-refractivity contribution >= 4 is 17.1 Å². The fourth-order valence-electron chi connectivity index (χ4n) is 4.51. The fraction of sp³-hybridized carbons (Fsp3) is 0.440. The summed E-state index contributed by atoms with van der Waals surface area (Å²) in [5.74, 6) is 2.14. The monoisotopic (exact) mass is 420 g/mol. The molecule has 6 heteroatoms. The Morgan fingerprint density at radius 3 is 2.55 bits per heavy atom. The zero-order chi connectivity index (χ0) is 21.6. The minimum absolute atomic E-state index is 0.142. The molecule has 1 heterocycles. The van der Waals surface area contributed by atoms with Gasteiger partial charge >= 0.3 is 6.03 Å². The Kier molecular flexibility index (Phi) is 6.75. The molecule has 3 aromatic rings. The smallest absolute Gasteiger partial charge is 0.315 e. The Labute approximate surface area is 183 Å². The van der Waals surface area contributed by atoms with Crippen molar-refractivity contribution in [2.75, 3.05) is 7.11 Å². The lowest BCUT2D eigenvalue weighted by Gasteiger charge is -2.29. The van der Waals surface area contributed by atoms with E-state index >= 15 is 0 Å². The van der Waals surface area contributed by atoms with Gasteiger partial charge in [0.1, 0.15) is 11.6 Å². The summed E-state index contributed by atoms with van der Waals surface area (Å²) in [6.07, 6.45) is 6.86. The quantitative estimate of drug-likeness (QED) is 0.496. The first kappa shape index (κ1) is 21.2. The number of methoxy groups -OCH3 is 1. The molecule has 2 aromatic carbocycles. The molecule has 0 spiro atoms. The molecule has 0 bridgehead atoms. The van der Waals surface area contributed by atoms with Crippen molar-refractivity contribution in [1.82, 2.24) is 20.6 Å². The number of ether oxygens (including phenoxy) is 1. The van der Waals surface area contributed by atoms with Gasteiger partial charge in [0.15, 0.2) is 0 Å². The van der Waals surface area contributed by atoms with E-state index in [-0.39, 0.29) is 18.1 Å². The van der Waals surface area contributed by atoms with Crippen LogP contribution in [0.5, 0.6) is 5.75 Å². The van der Waals surface area contributed by atoms with Gasteiger partial charge in [-0.05, 0) is 61.9 Å². The van der Waals surface area contributed by atoms with Crippen molar-refractivity contribution in [3.05, 3.63) is 59.9 Å². The number of hydrogen-bond acceptors (Lipinski definition) is 3. The average Bonchev–Trinajstić information content (AvgIpc) is 3.24. The van der Waals surface area contributed by atoms with Crippen LogP contribution in [0.15, 0.2) is 48.5 Å². The Morgan fingerprint density at radius 1 is 1.10 bits per heavy atom. The topological polar surface area (TPSA) is 79.0 Å². The van der Waals surface area contributed by atoms with E-state index in [1.54, 1.807) is 7.11 Å². The number of benzene rings is 2. The summed E-state index contributed by atoms with van der Waals surface area (Å²) in [5.41, 5.74) is 2.97. The highest BCUT2D eigenvalue weighted by molar-refractivity contribution is 5.76. The van der Waals surface area contributed by atoms with Crippen LogP contribution in [0.4, 0.5) is 4.79 Å². The lowest BCUT2D eigenvalue weighted by atomic mass is 9.84. The predicted octanol–water partition coefficient (Wildman–Crippen LogP) is 5.12. The third-order valence-corrected chi connectivity index (χ3v) is 6.36. The van der Waals surface area contributed by atoms with Crippen LogP contribution in [0, 0.1) is 5.92 Å². The minimum atomic E-state index is -0.264. The largest absolute Gasteiger partial charge is 0.497 e. The van der Waals surface area contributed by atoms with Gasteiger partial charge in [-0.2, -0.15) is 0 Å². The number of para-hydroxylation sites is 2. The molecule has 0 saturated heterocycles. The van der Waals surface area contributed by atoms with Gasteiger partial charge in [0.2, 0.25) is 0 Å². The summed E-state index contributed by atoms with van der Waals surface area (Å²) in [4.78, 5) is 21.0. The van der Waals surface area contributed by atoms with Gasteiger partial charge < -0.3 is 20.4 Å². The number of aromatic nitrogens is 2. The number of H-pyrrole nitrogens is 1. The number of nitrogens with zero attached hydrogens (tertiary/aromatic N) is 1. The second kappa shape index (κ2) is 9.86. The SMILES string of the molecule is COc1ccc(C[C@@H](NC(=O)N[C@H](C)C2CCCCC2)c2nc3ccccc3[nH]2)cc1. The maximum absolute atomic E-state index is 12.9. The molecule has 6 nitrogen and oxygen atoms in total. The number of fused-ring (bicyclic) bond motifs is 1. The van der Waals surface area contributed by atoms with E-state index < -0.39 is 0 Å². The molecule has 1 saturated carbocycles. The van der Waals surface area contributed by atoms with E-state index in [0.717, 1.165) is 28.2 Å². The second-order valence-electron chi connectivity index (χ2n) is 8.55. The first-order chi connectivity index (χ1) is 15.1. The first-order valence-corrected chi connectivity index (χ1v) is 11.3. The molecule has 0 unspecified atom stereocenters. The zero-order valence-electron chi connectivity index (χ0n) is 18.4. The molecule has 1 aliphatic rings. The van der Waals surface area contributed by atoms with E-state index in [1.807, 2.05) is 48.5 Å². The van der Waals surface area contributed by atoms with Gasteiger partial charge in [-0.1, -0.05) is 43.5 Å². The maximum Gasteiger partial charge on any atom is 0.315 e. The van der Waals surface area contributed by atoms with E-state index in [1.165, 1.54) is 32.1 Å². The second-order valence-corrected chi connectivity index (χ2v) is 8.55. The summed E-state index contributed by atoms with van der Waals surface area (Å²) in [6.45, 7) is 2.12. The highest BCUT2D eigenvalue weighted by atomic mass is 16.5. The molecule has 1 aliphatic carbocycles. The lowest BCUT2D eigenvalue weighted by Crippen LogP contribution is -2.46. The van der Waals surface area contributed by atoms with Crippen molar-refractivity contribution in [3.8, 4) is 5.75 Å². The third-order valence-electron chi connectivity index (χ3n) is 6.36. The molecular formula is C25H32N4O2. The van der Waals surface area contributed by atoms with Crippen LogP contribution in [0.25, 0.3) is 11.0 Å². The summed E-state index contributed by atoms with van der Waals surface area (Å²) < 4.78 is 5.27. The van der Waals surface area contributed by atoms with Gasteiger partial charge in [-0.25, -0.2) is 9.78 Å². The van der Waals surface area contributed by atoms with Crippen molar-refractivity contribution in [2.45, 2.75) is 57.5 Å². The summed E-state index contributed by atoms with van der Waals surface area (Å²) in [7, 11) is 1.66. The average molecular weight is 421 g/mol. The first-order valence-electron chi connectivity index (χ1n) is 11.3. The molecule has 4 rings (SSSR count). The van der Waals surface area contributed by atoms with Crippen molar-refractivity contribution in [3.63, 3.8) is 0 Å². The zero-order valence-corrected chi connectivity index (χ0v) is 18.4. The van der Waals surface area contributed by atoms with Crippen LogP contribution in [-0.2, 0) is 6.42 Å². The van der Waals surface area contributed by atoms with Gasteiger partial charge in [0.05, 0.1) is 24.2 Å². The molecule has 2 amide bonds. The molecule has 2 atom stereocenters. The number of aromatic amines is 1. The lowest BCUT2D eigenvalue weighted by molar-refractivity contribution is 0.221. The van der Waals surface area contributed by atoms with Crippen LogP contribution < -0.4 is 15.4 Å². The number of carbonyl (C=O) groups is 1. The number of amides is 2. The van der Waals surface area contributed by atoms with E-state index in [2.05, 4.69) is 22.5 Å². The standard InChI is InChI=1S/C25H32N4O2/c1-17(19-8-4-3-5-9-19)26-25(30)29-23(16-18-12-14-20(31-2)15-13-18)24-27-21-10-6-7-11-22(21)28-24/h6-7,10-15,17,19,23H,3-5,8-9,16H2,1-2H3,(H,27,28)(H2,26,29,30)/t17-,23-/m1/s1. The molecule has 1 aromatic heterocycles. The van der Waals surface area contributed by atoms with Gasteiger partial charge in [0.25, 0.3) is 0 Å². The van der Waals surface area contributed by atoms with Crippen LogP contribution in [-0.4, -0.2) is 29.2 Å². The highest BCUT2D eigenvalue weighted by Gasteiger charge is 2.24. The number of carbonyl (C=O) groups excluding carboxylic acids is 1. The maximum atomic E-state index is 12.9. The Bertz CT molecular complexity index is 959. The van der Waals surface area contributed by atoms with Crippen molar-refractivity contribution < 1.29 is 9.53 Å².